The van der Waals surface area contributed by atoms with Crippen molar-refractivity contribution < 1.29 is 4.79 Å². The second-order valence-electron chi connectivity index (χ2n) is 4.17. The van der Waals surface area contributed by atoms with Gasteiger partial charge in [0, 0.05) is 12.7 Å². The molecule has 0 atom stereocenters. The van der Waals surface area contributed by atoms with Gasteiger partial charge < -0.3 is 9.88 Å². The standard InChI is InChI=1S/C13H17N5OS/c1-2-7-18-10-16-17-11(18)8-15-12(19)9-20-13-5-3-4-6-14-13/h3-6,10H,2,7-9H2,1H3,(H,15,19). The monoisotopic (exact) mass is 291 g/mol. The molecule has 0 aliphatic rings. The maximum absolute atomic E-state index is 11.8. The zero-order valence-corrected chi connectivity index (χ0v) is 12.1. The van der Waals surface area contributed by atoms with E-state index in [0.29, 0.717) is 12.3 Å². The second-order valence-corrected chi connectivity index (χ2v) is 5.17. The molecule has 1 N–H and O–H groups in total. The van der Waals surface area contributed by atoms with E-state index in [-0.39, 0.29) is 5.91 Å². The molecule has 2 rings (SSSR count). The van der Waals surface area contributed by atoms with Crippen molar-refractivity contribution in [1.29, 1.82) is 0 Å². The summed E-state index contributed by atoms with van der Waals surface area (Å²) in [5, 5.41) is 11.6. The molecule has 0 aliphatic carbocycles. The van der Waals surface area contributed by atoms with Gasteiger partial charge in [0.1, 0.15) is 6.33 Å². The topological polar surface area (TPSA) is 72.7 Å². The van der Waals surface area contributed by atoms with Gasteiger partial charge in [-0.05, 0) is 18.6 Å². The van der Waals surface area contributed by atoms with Crippen LogP contribution in [0.15, 0.2) is 35.7 Å². The Labute approximate surface area is 122 Å². The summed E-state index contributed by atoms with van der Waals surface area (Å²) in [6.45, 7) is 3.36. The van der Waals surface area contributed by atoms with Crippen LogP contribution in [0.5, 0.6) is 0 Å². The lowest BCUT2D eigenvalue weighted by atomic mass is 10.4. The number of pyridine rings is 1. The SMILES string of the molecule is CCCn1cnnc1CNC(=O)CSc1ccccn1. The van der Waals surface area contributed by atoms with Gasteiger partial charge in [-0.3, -0.25) is 4.79 Å². The average Bonchev–Trinajstić information content (AvgIpc) is 2.92. The van der Waals surface area contributed by atoms with E-state index in [1.54, 1.807) is 12.5 Å². The van der Waals surface area contributed by atoms with Crippen LogP contribution in [-0.4, -0.2) is 31.4 Å². The molecule has 2 heterocycles. The largest absolute Gasteiger partial charge is 0.348 e. The summed E-state index contributed by atoms with van der Waals surface area (Å²) in [4.78, 5) is 15.9. The predicted octanol–water partition coefficient (Wildman–Crippen LogP) is 1.49. The lowest BCUT2D eigenvalue weighted by Gasteiger charge is -2.06. The number of aryl methyl sites for hydroxylation is 1. The van der Waals surface area contributed by atoms with E-state index in [4.69, 9.17) is 0 Å². The highest BCUT2D eigenvalue weighted by Gasteiger charge is 2.07. The number of amides is 1. The van der Waals surface area contributed by atoms with Gasteiger partial charge in [0.05, 0.1) is 17.3 Å². The van der Waals surface area contributed by atoms with E-state index in [1.807, 2.05) is 22.8 Å². The van der Waals surface area contributed by atoms with Crippen LogP contribution < -0.4 is 5.32 Å². The molecule has 0 saturated carbocycles. The predicted molar refractivity (Wildman–Crippen MR) is 77.1 cm³/mol. The third kappa shape index (κ3) is 4.34. The smallest absolute Gasteiger partial charge is 0.230 e. The number of aromatic nitrogens is 4. The Morgan fingerprint density at radius 1 is 1.45 bits per heavy atom. The lowest BCUT2D eigenvalue weighted by Crippen LogP contribution is -2.26. The number of hydrogen-bond donors (Lipinski definition) is 1. The van der Waals surface area contributed by atoms with Crippen molar-refractivity contribution in [3.63, 3.8) is 0 Å². The molecule has 6 nitrogen and oxygen atoms in total. The van der Waals surface area contributed by atoms with Gasteiger partial charge in [-0.2, -0.15) is 0 Å². The van der Waals surface area contributed by atoms with E-state index in [1.165, 1.54) is 11.8 Å². The molecule has 0 aliphatic heterocycles. The molecule has 7 heteroatoms. The third-order valence-electron chi connectivity index (χ3n) is 2.59. The van der Waals surface area contributed by atoms with Gasteiger partial charge in [0.2, 0.25) is 5.91 Å². The van der Waals surface area contributed by atoms with Gasteiger partial charge in [0.25, 0.3) is 0 Å². The van der Waals surface area contributed by atoms with Crippen LogP contribution in [0.4, 0.5) is 0 Å². The molecular weight excluding hydrogens is 274 g/mol. The van der Waals surface area contributed by atoms with E-state index >= 15 is 0 Å². The summed E-state index contributed by atoms with van der Waals surface area (Å²) < 4.78 is 1.95. The van der Waals surface area contributed by atoms with Crippen molar-refractivity contribution in [1.82, 2.24) is 25.1 Å². The summed E-state index contributed by atoms with van der Waals surface area (Å²) in [5.74, 6) is 1.09. The van der Waals surface area contributed by atoms with E-state index < -0.39 is 0 Å². The zero-order valence-electron chi connectivity index (χ0n) is 11.3. The van der Waals surface area contributed by atoms with E-state index in [0.717, 1.165) is 23.8 Å². The lowest BCUT2D eigenvalue weighted by molar-refractivity contribution is -0.118. The van der Waals surface area contributed by atoms with Crippen LogP contribution in [-0.2, 0) is 17.9 Å². The zero-order chi connectivity index (χ0) is 14.2. The molecule has 2 aromatic rings. The van der Waals surface area contributed by atoms with Crippen LogP contribution in [0.3, 0.4) is 0 Å². The van der Waals surface area contributed by atoms with Crippen molar-refractivity contribution in [3.8, 4) is 0 Å². The molecule has 1 amide bonds. The van der Waals surface area contributed by atoms with Crippen LogP contribution in [0.25, 0.3) is 0 Å². The van der Waals surface area contributed by atoms with Crippen LogP contribution >= 0.6 is 11.8 Å². The summed E-state index contributed by atoms with van der Waals surface area (Å²) in [6.07, 6.45) is 4.41. The molecule has 0 fully saturated rings. The minimum absolute atomic E-state index is 0.0355. The fourth-order valence-electron chi connectivity index (χ4n) is 1.64. The van der Waals surface area contributed by atoms with Gasteiger partial charge in [-0.1, -0.05) is 24.8 Å². The highest BCUT2D eigenvalue weighted by atomic mass is 32.2. The Bertz CT molecular complexity index is 543. The summed E-state index contributed by atoms with van der Waals surface area (Å²) >= 11 is 1.41. The van der Waals surface area contributed by atoms with Gasteiger partial charge >= 0.3 is 0 Å². The number of thioether (sulfide) groups is 1. The van der Waals surface area contributed by atoms with Gasteiger partial charge in [0.15, 0.2) is 5.82 Å². The highest BCUT2D eigenvalue weighted by Crippen LogP contribution is 2.13. The van der Waals surface area contributed by atoms with E-state index in [9.17, 15) is 4.79 Å². The number of carbonyl (C=O) groups excluding carboxylic acids is 1. The average molecular weight is 291 g/mol. The summed E-state index contributed by atoms with van der Waals surface area (Å²) in [5.41, 5.74) is 0. The first-order valence-corrected chi connectivity index (χ1v) is 7.45. The van der Waals surface area contributed by atoms with Crippen molar-refractivity contribution in [3.05, 3.63) is 36.5 Å². The van der Waals surface area contributed by atoms with Crippen molar-refractivity contribution in [2.24, 2.45) is 0 Å². The Morgan fingerprint density at radius 2 is 2.35 bits per heavy atom. The minimum Gasteiger partial charge on any atom is -0.348 e. The number of hydrogen-bond acceptors (Lipinski definition) is 5. The molecule has 0 bridgehead atoms. The molecule has 0 unspecified atom stereocenters. The van der Waals surface area contributed by atoms with Crippen LogP contribution in [0.2, 0.25) is 0 Å². The maximum Gasteiger partial charge on any atom is 0.230 e. The summed E-state index contributed by atoms with van der Waals surface area (Å²) in [6, 6.07) is 5.64. The maximum atomic E-state index is 11.8. The fraction of sp³-hybridized carbons (Fsp3) is 0.385. The molecule has 0 aromatic carbocycles. The Balaban J connectivity index is 1.76. The Hall–Kier alpha value is -1.89. The molecule has 106 valence electrons. The van der Waals surface area contributed by atoms with Crippen LogP contribution in [0, 0.1) is 0 Å². The Kier molecular flexibility index (Phi) is 5.55. The van der Waals surface area contributed by atoms with Crippen molar-refractivity contribution >= 4 is 17.7 Å². The molecule has 20 heavy (non-hydrogen) atoms. The molecule has 0 radical (unpaired) electrons. The van der Waals surface area contributed by atoms with Crippen molar-refractivity contribution in [2.45, 2.75) is 31.5 Å². The molecule has 2 aromatic heterocycles. The minimum atomic E-state index is -0.0355. The number of rotatable bonds is 7. The summed E-state index contributed by atoms with van der Waals surface area (Å²) in [7, 11) is 0. The second kappa shape index (κ2) is 7.64. The molecule has 0 spiro atoms. The van der Waals surface area contributed by atoms with Gasteiger partial charge in [-0.15, -0.1) is 10.2 Å². The van der Waals surface area contributed by atoms with Crippen LogP contribution in [0.1, 0.15) is 19.2 Å². The third-order valence-corrected chi connectivity index (χ3v) is 3.54. The molecule has 0 saturated heterocycles. The first kappa shape index (κ1) is 14.5. The quantitative estimate of drug-likeness (QED) is 0.782. The first-order chi connectivity index (χ1) is 9.79. The first-order valence-electron chi connectivity index (χ1n) is 6.47. The number of carbonyl (C=O) groups is 1. The fourth-order valence-corrected chi connectivity index (χ4v) is 2.34. The van der Waals surface area contributed by atoms with Gasteiger partial charge in [-0.25, -0.2) is 4.98 Å². The number of nitrogens with one attached hydrogen (secondary N) is 1. The van der Waals surface area contributed by atoms with E-state index in [2.05, 4.69) is 27.4 Å². The number of nitrogens with zero attached hydrogens (tertiary/aromatic N) is 4. The van der Waals surface area contributed by atoms with Crippen molar-refractivity contribution in [2.75, 3.05) is 5.75 Å². The normalized spacial score (nSPS) is 10.4. The molecular formula is C13H17N5OS. The Morgan fingerprint density at radius 3 is 3.10 bits per heavy atom. The highest BCUT2D eigenvalue weighted by molar-refractivity contribution is 7.99.